The highest BCUT2D eigenvalue weighted by molar-refractivity contribution is 7.91. The molecule has 0 aliphatic rings. The number of halogens is 1. The van der Waals surface area contributed by atoms with E-state index < -0.39 is 10.0 Å². The molecule has 0 unspecified atom stereocenters. The van der Waals surface area contributed by atoms with Gasteiger partial charge in [-0.1, -0.05) is 17.7 Å². The largest absolute Gasteiger partial charge is 0.396 e. The van der Waals surface area contributed by atoms with Gasteiger partial charge < -0.3 is 5.11 Å². The van der Waals surface area contributed by atoms with Crippen LogP contribution in [0.4, 0.5) is 0 Å². The van der Waals surface area contributed by atoms with E-state index in [-0.39, 0.29) is 16.7 Å². The average Bonchev–Trinajstić information content (AvgIpc) is 3.08. The van der Waals surface area contributed by atoms with Crippen LogP contribution < -0.4 is 4.72 Å². The summed E-state index contributed by atoms with van der Waals surface area (Å²) in [6.07, 6.45) is 1.28. The highest BCUT2D eigenvalue weighted by Crippen LogP contribution is 2.28. The van der Waals surface area contributed by atoms with Gasteiger partial charge in [0.1, 0.15) is 4.21 Å². The zero-order valence-corrected chi connectivity index (χ0v) is 14.4. The number of nitrogens with one attached hydrogen (secondary N) is 1. The highest BCUT2D eigenvalue weighted by atomic mass is 35.5. The first kappa shape index (κ1) is 16.9. The van der Waals surface area contributed by atoms with E-state index >= 15 is 0 Å². The maximum absolute atomic E-state index is 12.1. The van der Waals surface area contributed by atoms with Gasteiger partial charge in [-0.15, -0.1) is 22.7 Å². The van der Waals surface area contributed by atoms with E-state index in [1.165, 1.54) is 10.9 Å². The Bertz CT molecular complexity index is 652. The van der Waals surface area contributed by atoms with Crippen molar-refractivity contribution in [3.8, 4) is 0 Å². The second-order valence-corrected chi connectivity index (χ2v) is 9.16. The molecule has 0 aromatic carbocycles. The third-order valence-electron chi connectivity index (χ3n) is 3.02. The van der Waals surface area contributed by atoms with Crippen LogP contribution in [-0.4, -0.2) is 26.7 Å². The van der Waals surface area contributed by atoms with Crippen LogP contribution in [-0.2, 0) is 10.0 Å². The summed E-state index contributed by atoms with van der Waals surface area (Å²) in [5.41, 5.74) is 0. The molecule has 0 saturated heterocycles. The van der Waals surface area contributed by atoms with Crippen molar-refractivity contribution in [3.63, 3.8) is 0 Å². The molecule has 8 heteroatoms. The molecule has 1 atom stereocenters. The van der Waals surface area contributed by atoms with Gasteiger partial charge in [-0.3, -0.25) is 0 Å². The van der Waals surface area contributed by atoms with Crippen molar-refractivity contribution < 1.29 is 13.5 Å². The van der Waals surface area contributed by atoms with Crippen molar-refractivity contribution in [3.05, 3.63) is 38.9 Å². The van der Waals surface area contributed by atoms with Crippen LogP contribution in [0.5, 0.6) is 0 Å². The van der Waals surface area contributed by atoms with Gasteiger partial charge in [-0.2, -0.15) is 0 Å². The van der Waals surface area contributed by atoms with Crippen LogP contribution in [0, 0.1) is 0 Å². The first-order valence-corrected chi connectivity index (χ1v) is 9.98. The van der Waals surface area contributed by atoms with Crippen molar-refractivity contribution in [1.82, 2.24) is 4.72 Å². The number of aliphatic hydroxyl groups is 1. The molecule has 0 aliphatic heterocycles. The van der Waals surface area contributed by atoms with Gasteiger partial charge in [0, 0.05) is 18.0 Å². The summed E-state index contributed by atoms with van der Waals surface area (Å²) in [6.45, 7) is 0.427. The average molecular weight is 366 g/mol. The first-order valence-electron chi connectivity index (χ1n) is 6.42. The summed E-state index contributed by atoms with van der Waals surface area (Å²) in [6, 6.07) is 7.04. The molecule has 0 bridgehead atoms. The number of hydrogen-bond donors (Lipinski definition) is 2. The number of aliphatic hydroxyl groups excluding tert-OH is 1. The van der Waals surface area contributed by atoms with Gasteiger partial charge in [-0.25, -0.2) is 13.1 Å². The topological polar surface area (TPSA) is 66.4 Å². The van der Waals surface area contributed by atoms with Crippen molar-refractivity contribution in [2.24, 2.45) is 0 Å². The smallest absolute Gasteiger partial charge is 0.250 e. The highest BCUT2D eigenvalue weighted by Gasteiger charge is 2.18. The van der Waals surface area contributed by atoms with E-state index in [0.29, 0.717) is 23.7 Å². The Labute approximate surface area is 137 Å². The normalized spacial score (nSPS) is 13.4. The van der Waals surface area contributed by atoms with E-state index in [1.807, 2.05) is 17.5 Å². The summed E-state index contributed by atoms with van der Waals surface area (Å²) >= 11 is 8.42. The molecule has 2 N–H and O–H groups in total. The quantitative estimate of drug-likeness (QED) is 0.754. The Balaban J connectivity index is 1.93. The molecular weight excluding hydrogens is 350 g/mol. The third-order valence-corrected chi connectivity index (χ3v) is 7.24. The second-order valence-electron chi connectivity index (χ2n) is 4.47. The van der Waals surface area contributed by atoms with Crippen LogP contribution >= 0.6 is 34.3 Å². The lowest BCUT2D eigenvalue weighted by molar-refractivity contribution is 0.273. The Morgan fingerprint density at radius 3 is 2.67 bits per heavy atom. The fourth-order valence-corrected chi connectivity index (χ4v) is 5.46. The summed E-state index contributed by atoms with van der Waals surface area (Å²) in [5, 5.41) is 11.1. The van der Waals surface area contributed by atoms with Crippen LogP contribution in [0.2, 0.25) is 4.34 Å². The van der Waals surface area contributed by atoms with Gasteiger partial charge >= 0.3 is 0 Å². The SMILES string of the molecule is O=S(=O)(NCC[C@H](CCO)c1cccs1)c1ccc(Cl)s1. The minimum Gasteiger partial charge on any atom is -0.396 e. The fraction of sp³-hybridized carbons (Fsp3) is 0.385. The van der Waals surface area contributed by atoms with E-state index in [9.17, 15) is 8.42 Å². The van der Waals surface area contributed by atoms with E-state index in [2.05, 4.69) is 4.72 Å². The number of thiophene rings is 2. The Morgan fingerprint density at radius 1 is 1.29 bits per heavy atom. The Morgan fingerprint density at radius 2 is 2.10 bits per heavy atom. The van der Waals surface area contributed by atoms with Crippen LogP contribution in [0.25, 0.3) is 0 Å². The molecule has 0 radical (unpaired) electrons. The molecule has 0 amide bonds. The zero-order chi connectivity index (χ0) is 15.3. The Kier molecular flexibility index (Phi) is 6.21. The second kappa shape index (κ2) is 7.71. The number of sulfonamides is 1. The standard InChI is InChI=1S/C13H16ClNO3S3/c14-12-3-4-13(20-12)21(17,18)15-7-5-10(6-8-16)11-2-1-9-19-11/h1-4,9-10,15-16H,5-8H2/t10-/m1/s1. The molecule has 2 rings (SSSR count). The van der Waals surface area contributed by atoms with E-state index in [1.54, 1.807) is 17.4 Å². The van der Waals surface area contributed by atoms with Gasteiger partial charge in [-0.05, 0) is 42.3 Å². The van der Waals surface area contributed by atoms with Gasteiger partial charge in [0.25, 0.3) is 0 Å². The first-order chi connectivity index (χ1) is 10.0. The molecule has 0 aliphatic carbocycles. The van der Waals surface area contributed by atoms with Crippen molar-refractivity contribution in [1.29, 1.82) is 0 Å². The molecular formula is C13H16ClNO3S3. The van der Waals surface area contributed by atoms with Crippen molar-refractivity contribution in [2.45, 2.75) is 23.0 Å². The van der Waals surface area contributed by atoms with Crippen molar-refractivity contribution >= 4 is 44.3 Å². The Hall–Kier alpha value is -0.440. The summed E-state index contributed by atoms with van der Waals surface area (Å²) in [4.78, 5) is 1.17. The third kappa shape index (κ3) is 4.77. The summed E-state index contributed by atoms with van der Waals surface area (Å²) in [5.74, 6) is 0.171. The summed E-state index contributed by atoms with van der Waals surface area (Å²) in [7, 11) is -3.49. The lowest BCUT2D eigenvalue weighted by atomic mass is 10.0. The number of hydrogen-bond acceptors (Lipinski definition) is 5. The van der Waals surface area contributed by atoms with E-state index in [0.717, 1.165) is 11.3 Å². The molecule has 2 aromatic rings. The van der Waals surface area contributed by atoms with Crippen LogP contribution in [0.3, 0.4) is 0 Å². The molecule has 4 nitrogen and oxygen atoms in total. The predicted octanol–water partition coefficient (Wildman–Crippen LogP) is 3.30. The predicted molar refractivity (Wildman–Crippen MR) is 87.9 cm³/mol. The summed E-state index contributed by atoms with van der Waals surface area (Å²) < 4.78 is 27.4. The van der Waals surface area contributed by atoms with Crippen LogP contribution in [0.15, 0.2) is 33.9 Å². The molecule has 2 aromatic heterocycles. The fourth-order valence-electron chi connectivity index (χ4n) is 1.99. The number of rotatable bonds is 8. The molecule has 116 valence electrons. The zero-order valence-electron chi connectivity index (χ0n) is 11.2. The monoisotopic (exact) mass is 365 g/mol. The van der Waals surface area contributed by atoms with Gasteiger partial charge in [0.2, 0.25) is 10.0 Å². The molecule has 0 saturated carbocycles. The van der Waals surface area contributed by atoms with Crippen molar-refractivity contribution in [2.75, 3.05) is 13.2 Å². The molecule has 0 spiro atoms. The van der Waals surface area contributed by atoms with Gasteiger partial charge in [0.05, 0.1) is 4.34 Å². The lowest BCUT2D eigenvalue weighted by Crippen LogP contribution is -2.25. The van der Waals surface area contributed by atoms with Crippen LogP contribution in [0.1, 0.15) is 23.6 Å². The van der Waals surface area contributed by atoms with E-state index in [4.69, 9.17) is 16.7 Å². The maximum atomic E-state index is 12.1. The maximum Gasteiger partial charge on any atom is 0.250 e. The molecule has 2 heterocycles. The minimum absolute atomic E-state index is 0.0931. The van der Waals surface area contributed by atoms with Gasteiger partial charge in [0.15, 0.2) is 0 Å². The molecule has 21 heavy (non-hydrogen) atoms. The lowest BCUT2D eigenvalue weighted by Gasteiger charge is -2.14. The molecule has 0 fully saturated rings. The minimum atomic E-state index is -3.49.